The molecule has 3 nitrogen and oxygen atoms in total. The standard InChI is InChI=1S/C11H11N3S/c1-14-9-5-3-2-4-8(9)13-11(14)7-6-10(12)15/h2-7H,1H3,(H2,12,15)/b7-6+. The van der Waals surface area contributed by atoms with Crippen molar-refractivity contribution in [2.24, 2.45) is 12.8 Å². The highest BCUT2D eigenvalue weighted by Gasteiger charge is 2.02. The van der Waals surface area contributed by atoms with Gasteiger partial charge in [-0.1, -0.05) is 24.4 Å². The van der Waals surface area contributed by atoms with E-state index in [-0.39, 0.29) is 0 Å². The Morgan fingerprint density at radius 3 is 2.87 bits per heavy atom. The third kappa shape index (κ3) is 1.89. The van der Waals surface area contributed by atoms with Crippen LogP contribution < -0.4 is 5.73 Å². The molecule has 0 amide bonds. The summed E-state index contributed by atoms with van der Waals surface area (Å²) >= 11 is 4.77. The lowest BCUT2D eigenvalue weighted by molar-refractivity contribution is 0.930. The fourth-order valence-electron chi connectivity index (χ4n) is 1.47. The summed E-state index contributed by atoms with van der Waals surface area (Å²) in [4.78, 5) is 4.81. The lowest BCUT2D eigenvalue weighted by Crippen LogP contribution is -2.02. The molecule has 76 valence electrons. The molecule has 4 heteroatoms. The highest BCUT2D eigenvalue weighted by molar-refractivity contribution is 7.80. The summed E-state index contributed by atoms with van der Waals surface area (Å²) < 4.78 is 2.00. The molecule has 0 aliphatic rings. The summed E-state index contributed by atoms with van der Waals surface area (Å²) in [6.45, 7) is 0. The molecule has 1 aromatic carbocycles. The fourth-order valence-corrected chi connectivity index (χ4v) is 1.54. The molecule has 0 radical (unpaired) electrons. The molecular formula is C11H11N3S. The maximum atomic E-state index is 5.39. The van der Waals surface area contributed by atoms with Crippen molar-refractivity contribution < 1.29 is 0 Å². The Bertz CT molecular complexity index is 540. The normalized spacial score (nSPS) is 11.3. The molecule has 2 aromatic rings. The minimum Gasteiger partial charge on any atom is -0.390 e. The number of benzene rings is 1. The summed E-state index contributed by atoms with van der Waals surface area (Å²) in [5.74, 6) is 0.851. The first-order valence-electron chi connectivity index (χ1n) is 4.57. The second-order valence-corrected chi connectivity index (χ2v) is 3.72. The number of imidazole rings is 1. The van der Waals surface area contributed by atoms with Crippen LogP contribution in [0.25, 0.3) is 17.1 Å². The molecule has 15 heavy (non-hydrogen) atoms. The number of hydrogen-bond acceptors (Lipinski definition) is 2. The van der Waals surface area contributed by atoms with Gasteiger partial charge in [0.25, 0.3) is 0 Å². The Hall–Kier alpha value is -1.68. The third-order valence-electron chi connectivity index (χ3n) is 2.22. The van der Waals surface area contributed by atoms with Gasteiger partial charge in [0, 0.05) is 7.05 Å². The van der Waals surface area contributed by atoms with E-state index in [4.69, 9.17) is 18.0 Å². The zero-order chi connectivity index (χ0) is 10.8. The lowest BCUT2D eigenvalue weighted by Gasteiger charge is -1.95. The van der Waals surface area contributed by atoms with Crippen LogP contribution in [-0.4, -0.2) is 14.5 Å². The largest absolute Gasteiger partial charge is 0.390 e. The number of hydrogen-bond donors (Lipinski definition) is 1. The molecular weight excluding hydrogens is 206 g/mol. The zero-order valence-electron chi connectivity index (χ0n) is 8.34. The van der Waals surface area contributed by atoms with E-state index in [2.05, 4.69) is 4.98 Å². The predicted octanol–water partition coefficient (Wildman–Crippen LogP) is 1.87. The summed E-state index contributed by atoms with van der Waals surface area (Å²) in [5.41, 5.74) is 7.46. The van der Waals surface area contributed by atoms with Crippen molar-refractivity contribution in [2.75, 3.05) is 0 Å². The van der Waals surface area contributed by atoms with Crippen LogP contribution in [0.2, 0.25) is 0 Å². The van der Waals surface area contributed by atoms with Gasteiger partial charge in [-0.05, 0) is 24.3 Å². The van der Waals surface area contributed by atoms with Gasteiger partial charge in [-0.15, -0.1) is 0 Å². The van der Waals surface area contributed by atoms with Crippen LogP contribution >= 0.6 is 12.2 Å². The zero-order valence-corrected chi connectivity index (χ0v) is 9.16. The highest BCUT2D eigenvalue weighted by atomic mass is 32.1. The summed E-state index contributed by atoms with van der Waals surface area (Å²) in [6, 6.07) is 7.97. The molecule has 0 bridgehead atoms. The SMILES string of the molecule is Cn1c(/C=C/C(N)=S)nc2ccccc21. The summed E-state index contributed by atoms with van der Waals surface area (Å²) in [7, 11) is 1.97. The van der Waals surface area contributed by atoms with Gasteiger partial charge in [-0.3, -0.25) is 0 Å². The molecule has 0 fully saturated rings. The Morgan fingerprint density at radius 1 is 1.47 bits per heavy atom. The monoisotopic (exact) mass is 217 g/mol. The van der Waals surface area contributed by atoms with E-state index in [1.165, 1.54) is 0 Å². The Kier molecular flexibility index (Phi) is 2.51. The second kappa shape index (κ2) is 3.82. The third-order valence-corrected chi connectivity index (χ3v) is 2.35. The average Bonchev–Trinajstić information content (AvgIpc) is 2.54. The Morgan fingerprint density at radius 2 is 2.20 bits per heavy atom. The smallest absolute Gasteiger partial charge is 0.133 e. The van der Waals surface area contributed by atoms with Crippen LogP contribution in [0.3, 0.4) is 0 Å². The van der Waals surface area contributed by atoms with Gasteiger partial charge in [0.1, 0.15) is 5.82 Å². The van der Waals surface area contributed by atoms with Crippen molar-refractivity contribution in [3.8, 4) is 0 Å². The van der Waals surface area contributed by atoms with Crippen molar-refractivity contribution >= 4 is 34.3 Å². The van der Waals surface area contributed by atoms with Gasteiger partial charge in [0.15, 0.2) is 0 Å². The van der Waals surface area contributed by atoms with E-state index in [0.717, 1.165) is 16.9 Å². The van der Waals surface area contributed by atoms with Gasteiger partial charge in [0.05, 0.1) is 16.0 Å². The molecule has 1 aromatic heterocycles. The lowest BCUT2D eigenvalue weighted by atomic mass is 10.3. The Balaban J connectivity index is 2.53. The molecule has 0 saturated carbocycles. The van der Waals surface area contributed by atoms with E-state index in [9.17, 15) is 0 Å². The van der Waals surface area contributed by atoms with E-state index < -0.39 is 0 Å². The fraction of sp³-hybridized carbons (Fsp3) is 0.0909. The molecule has 0 spiro atoms. The van der Waals surface area contributed by atoms with Gasteiger partial charge in [-0.25, -0.2) is 4.98 Å². The number of fused-ring (bicyclic) bond motifs is 1. The van der Waals surface area contributed by atoms with Crippen molar-refractivity contribution in [2.45, 2.75) is 0 Å². The highest BCUT2D eigenvalue weighted by Crippen LogP contribution is 2.14. The predicted molar refractivity (Wildman–Crippen MR) is 66.5 cm³/mol. The van der Waals surface area contributed by atoms with Crippen molar-refractivity contribution in [1.29, 1.82) is 0 Å². The summed E-state index contributed by atoms with van der Waals surface area (Å²) in [5, 5.41) is 0. The molecule has 1 heterocycles. The van der Waals surface area contributed by atoms with Crippen molar-refractivity contribution in [1.82, 2.24) is 9.55 Å². The second-order valence-electron chi connectivity index (χ2n) is 3.25. The van der Waals surface area contributed by atoms with E-state index in [0.29, 0.717) is 4.99 Å². The van der Waals surface area contributed by atoms with Crippen LogP contribution in [-0.2, 0) is 7.05 Å². The van der Waals surface area contributed by atoms with Crippen LogP contribution in [0.4, 0.5) is 0 Å². The minimum absolute atomic E-state index is 0.363. The minimum atomic E-state index is 0.363. The first-order chi connectivity index (χ1) is 7.18. The number of para-hydroxylation sites is 2. The number of thiocarbonyl (C=S) groups is 1. The number of aryl methyl sites for hydroxylation is 1. The summed E-state index contributed by atoms with van der Waals surface area (Å²) in [6.07, 6.45) is 3.50. The van der Waals surface area contributed by atoms with Crippen LogP contribution in [0.15, 0.2) is 30.3 Å². The topological polar surface area (TPSA) is 43.8 Å². The molecule has 0 aliphatic heterocycles. The number of aromatic nitrogens is 2. The number of rotatable bonds is 2. The van der Waals surface area contributed by atoms with E-state index in [1.54, 1.807) is 6.08 Å². The first-order valence-corrected chi connectivity index (χ1v) is 4.98. The Labute approximate surface area is 93.2 Å². The first kappa shape index (κ1) is 9.86. The van der Waals surface area contributed by atoms with E-state index in [1.807, 2.05) is 42.0 Å². The quantitative estimate of drug-likeness (QED) is 0.617. The van der Waals surface area contributed by atoms with Crippen molar-refractivity contribution in [3.05, 3.63) is 36.2 Å². The molecule has 2 rings (SSSR count). The number of nitrogens with zero attached hydrogens (tertiary/aromatic N) is 2. The maximum absolute atomic E-state index is 5.39. The molecule has 0 atom stereocenters. The van der Waals surface area contributed by atoms with Gasteiger partial charge in [0.2, 0.25) is 0 Å². The van der Waals surface area contributed by atoms with Gasteiger partial charge >= 0.3 is 0 Å². The van der Waals surface area contributed by atoms with Gasteiger partial charge in [-0.2, -0.15) is 0 Å². The van der Waals surface area contributed by atoms with Crippen molar-refractivity contribution in [3.63, 3.8) is 0 Å². The van der Waals surface area contributed by atoms with Gasteiger partial charge < -0.3 is 10.3 Å². The van der Waals surface area contributed by atoms with Crippen LogP contribution in [0.1, 0.15) is 5.82 Å². The van der Waals surface area contributed by atoms with E-state index >= 15 is 0 Å². The average molecular weight is 217 g/mol. The molecule has 0 aliphatic carbocycles. The maximum Gasteiger partial charge on any atom is 0.133 e. The molecule has 0 unspecified atom stereocenters. The molecule has 2 N–H and O–H groups in total. The van der Waals surface area contributed by atoms with Crippen LogP contribution in [0, 0.1) is 0 Å². The van der Waals surface area contributed by atoms with Crippen LogP contribution in [0.5, 0.6) is 0 Å². The number of nitrogens with two attached hydrogens (primary N) is 1. The molecule has 0 saturated heterocycles.